The molecule has 1 aromatic rings. The maximum absolute atomic E-state index is 5.97. The maximum atomic E-state index is 5.97. The average Bonchev–Trinajstić information content (AvgIpc) is 2.30. The molecule has 0 N–H and O–H groups in total. The molecule has 0 radical (unpaired) electrons. The molecule has 1 aromatic carbocycles. The van der Waals surface area contributed by atoms with E-state index in [1.165, 1.54) is 5.69 Å². The Labute approximate surface area is 110 Å². The summed E-state index contributed by atoms with van der Waals surface area (Å²) < 4.78 is 3.04. The van der Waals surface area contributed by atoms with Crippen LogP contribution in [0.5, 0.6) is 0 Å². The minimum Gasteiger partial charge on any atom is -0.371 e. The molecule has 2 nitrogen and oxygen atoms in total. The first-order valence-corrected chi connectivity index (χ1v) is 6.69. The van der Waals surface area contributed by atoms with Crippen molar-refractivity contribution in [2.45, 2.75) is 18.9 Å². The van der Waals surface area contributed by atoms with Crippen LogP contribution in [0.2, 0.25) is 0 Å². The van der Waals surface area contributed by atoms with E-state index in [2.05, 4.69) is 46.1 Å². The van der Waals surface area contributed by atoms with Gasteiger partial charge in [-0.1, -0.05) is 12.1 Å². The highest BCUT2D eigenvalue weighted by Crippen LogP contribution is 2.29. The predicted octanol–water partition coefficient (Wildman–Crippen LogP) is 3.50. The van der Waals surface area contributed by atoms with Gasteiger partial charge in [-0.15, -0.1) is 0 Å². The molecule has 4 heteroatoms. The summed E-state index contributed by atoms with van der Waals surface area (Å²) in [5.74, 6) is 0. The van der Waals surface area contributed by atoms with Gasteiger partial charge in [0.05, 0.1) is 5.69 Å². The van der Waals surface area contributed by atoms with Gasteiger partial charge in [0.1, 0.15) is 0 Å². The van der Waals surface area contributed by atoms with Crippen molar-refractivity contribution in [2.75, 3.05) is 25.0 Å². The van der Waals surface area contributed by atoms with Crippen LogP contribution in [0.25, 0.3) is 0 Å². The van der Waals surface area contributed by atoms with Crippen molar-refractivity contribution in [1.82, 2.24) is 4.42 Å². The highest BCUT2D eigenvalue weighted by Gasteiger charge is 2.22. The fourth-order valence-electron chi connectivity index (χ4n) is 2.16. The molecule has 1 fully saturated rings. The van der Waals surface area contributed by atoms with Gasteiger partial charge in [0.25, 0.3) is 0 Å². The molecule has 1 aliphatic rings. The van der Waals surface area contributed by atoms with Gasteiger partial charge < -0.3 is 4.90 Å². The lowest BCUT2D eigenvalue weighted by Gasteiger charge is -2.35. The van der Waals surface area contributed by atoms with Crippen LogP contribution in [-0.2, 0) is 0 Å². The Balaban J connectivity index is 2.07. The second-order valence-electron chi connectivity index (χ2n) is 4.20. The highest BCUT2D eigenvalue weighted by molar-refractivity contribution is 9.10. The zero-order valence-corrected chi connectivity index (χ0v) is 11.7. The third-order valence-corrected chi connectivity index (χ3v) is 4.20. The molecule has 1 saturated heterocycles. The summed E-state index contributed by atoms with van der Waals surface area (Å²) in [5, 5.41) is 0. The van der Waals surface area contributed by atoms with Crippen molar-refractivity contribution in [3.63, 3.8) is 0 Å². The number of hydrogen-bond acceptors (Lipinski definition) is 2. The van der Waals surface area contributed by atoms with E-state index in [4.69, 9.17) is 11.8 Å². The second-order valence-corrected chi connectivity index (χ2v) is 5.54. The van der Waals surface area contributed by atoms with Crippen LogP contribution in [0.4, 0.5) is 5.69 Å². The number of anilines is 1. The SMILES string of the molecule is CN(c1ccccc1Br)C1CCN(Cl)CC1. The Bertz CT molecular complexity index is 351. The van der Waals surface area contributed by atoms with Crippen LogP contribution in [0, 0.1) is 0 Å². The van der Waals surface area contributed by atoms with E-state index in [9.17, 15) is 0 Å². The van der Waals surface area contributed by atoms with Crippen LogP contribution in [0.3, 0.4) is 0 Å². The minimum absolute atomic E-state index is 0.591. The number of halogens is 2. The Morgan fingerprint density at radius 3 is 2.56 bits per heavy atom. The zero-order chi connectivity index (χ0) is 11.5. The first-order chi connectivity index (χ1) is 7.68. The fourth-order valence-corrected chi connectivity index (χ4v) is 2.92. The number of benzene rings is 1. The van der Waals surface area contributed by atoms with Gasteiger partial charge in [0.15, 0.2) is 0 Å². The summed E-state index contributed by atoms with van der Waals surface area (Å²) in [6.45, 7) is 1.95. The first-order valence-electron chi connectivity index (χ1n) is 5.56. The normalized spacial score (nSPS) is 18.7. The number of rotatable bonds is 2. The first kappa shape index (κ1) is 12.2. The largest absolute Gasteiger partial charge is 0.371 e. The number of hydrogen-bond donors (Lipinski definition) is 0. The standard InChI is InChI=1S/C12H16BrClN2/c1-15(10-6-8-16(14)9-7-10)12-5-3-2-4-11(12)13/h2-5,10H,6-9H2,1H3. The summed E-state index contributed by atoms with van der Waals surface area (Å²) in [6, 6.07) is 8.95. The van der Waals surface area contributed by atoms with E-state index in [1.54, 1.807) is 0 Å². The van der Waals surface area contributed by atoms with Crippen molar-refractivity contribution in [2.24, 2.45) is 0 Å². The predicted molar refractivity (Wildman–Crippen MR) is 73.0 cm³/mol. The molecule has 0 aromatic heterocycles. The molecule has 0 amide bonds. The van der Waals surface area contributed by atoms with Crippen LogP contribution < -0.4 is 4.90 Å². The van der Waals surface area contributed by atoms with Gasteiger partial charge in [-0.25, -0.2) is 4.42 Å². The summed E-state index contributed by atoms with van der Waals surface area (Å²) >= 11 is 9.57. The van der Waals surface area contributed by atoms with Gasteiger partial charge in [-0.3, -0.25) is 0 Å². The third kappa shape index (κ3) is 2.70. The highest BCUT2D eigenvalue weighted by atomic mass is 79.9. The molecule has 2 rings (SSSR count). The molecule has 0 bridgehead atoms. The van der Waals surface area contributed by atoms with Crippen molar-refractivity contribution < 1.29 is 0 Å². The molecule has 0 saturated carbocycles. The van der Waals surface area contributed by atoms with Gasteiger partial charge in [-0.05, 0) is 52.7 Å². The Morgan fingerprint density at radius 2 is 1.94 bits per heavy atom. The Morgan fingerprint density at radius 1 is 1.31 bits per heavy atom. The van der Waals surface area contributed by atoms with Gasteiger partial charge in [0, 0.05) is 30.7 Å². The summed E-state index contributed by atoms with van der Waals surface area (Å²) in [4.78, 5) is 2.36. The molecular formula is C12H16BrClN2. The number of para-hydroxylation sites is 1. The molecule has 0 unspecified atom stereocenters. The molecule has 0 aliphatic carbocycles. The smallest absolute Gasteiger partial charge is 0.0510 e. The molecule has 1 aliphatic heterocycles. The quantitative estimate of drug-likeness (QED) is 0.772. The van der Waals surface area contributed by atoms with Gasteiger partial charge >= 0.3 is 0 Å². The summed E-state index contributed by atoms with van der Waals surface area (Å²) in [7, 11) is 2.16. The molecule has 88 valence electrons. The van der Waals surface area contributed by atoms with Crippen molar-refractivity contribution in [1.29, 1.82) is 0 Å². The topological polar surface area (TPSA) is 6.48 Å². The van der Waals surface area contributed by atoms with E-state index in [-0.39, 0.29) is 0 Å². The molecular weight excluding hydrogens is 288 g/mol. The van der Waals surface area contributed by atoms with Crippen molar-refractivity contribution >= 4 is 33.4 Å². The molecule has 1 heterocycles. The molecule has 16 heavy (non-hydrogen) atoms. The molecule has 0 spiro atoms. The lowest BCUT2D eigenvalue weighted by molar-refractivity contribution is 0.329. The number of piperidine rings is 1. The minimum atomic E-state index is 0.591. The lowest BCUT2D eigenvalue weighted by atomic mass is 10.0. The second kappa shape index (κ2) is 5.39. The number of nitrogens with zero attached hydrogens (tertiary/aromatic N) is 2. The van der Waals surface area contributed by atoms with E-state index in [0.29, 0.717) is 6.04 Å². The van der Waals surface area contributed by atoms with E-state index in [0.717, 1.165) is 30.4 Å². The Kier molecular flexibility index (Phi) is 4.11. The monoisotopic (exact) mass is 302 g/mol. The van der Waals surface area contributed by atoms with Crippen LogP contribution in [0.15, 0.2) is 28.7 Å². The van der Waals surface area contributed by atoms with E-state index >= 15 is 0 Å². The maximum Gasteiger partial charge on any atom is 0.0510 e. The Hall–Kier alpha value is -0.250. The van der Waals surface area contributed by atoms with Crippen molar-refractivity contribution in [3.05, 3.63) is 28.7 Å². The van der Waals surface area contributed by atoms with E-state index < -0.39 is 0 Å². The van der Waals surface area contributed by atoms with Crippen LogP contribution in [0.1, 0.15) is 12.8 Å². The van der Waals surface area contributed by atoms with Crippen LogP contribution >= 0.6 is 27.7 Å². The summed E-state index contributed by atoms with van der Waals surface area (Å²) in [6.07, 6.45) is 2.25. The average molecular weight is 304 g/mol. The zero-order valence-electron chi connectivity index (χ0n) is 9.37. The van der Waals surface area contributed by atoms with Crippen molar-refractivity contribution in [3.8, 4) is 0 Å². The summed E-state index contributed by atoms with van der Waals surface area (Å²) in [5.41, 5.74) is 1.26. The van der Waals surface area contributed by atoms with Gasteiger partial charge in [-0.2, -0.15) is 0 Å². The van der Waals surface area contributed by atoms with E-state index in [1.807, 2.05) is 10.5 Å². The van der Waals surface area contributed by atoms with Gasteiger partial charge in [0.2, 0.25) is 0 Å². The van der Waals surface area contributed by atoms with Crippen LogP contribution in [-0.4, -0.2) is 30.6 Å². The molecule has 0 atom stereocenters. The fraction of sp³-hybridized carbons (Fsp3) is 0.500. The lowest BCUT2D eigenvalue weighted by Crippen LogP contribution is -2.40. The third-order valence-electron chi connectivity index (χ3n) is 3.19.